The number of hydrogen-bond acceptors (Lipinski definition) is 4. The van der Waals surface area contributed by atoms with Crippen molar-refractivity contribution in [3.8, 4) is 0 Å². The maximum atomic E-state index is 12.4. The molecule has 6 heteroatoms. The van der Waals surface area contributed by atoms with E-state index in [1.807, 2.05) is 4.90 Å². The first-order chi connectivity index (χ1) is 9.76. The first-order valence-corrected chi connectivity index (χ1v) is 7.47. The van der Waals surface area contributed by atoms with Gasteiger partial charge in [0, 0.05) is 26.7 Å². The van der Waals surface area contributed by atoms with E-state index >= 15 is 0 Å². The fraction of sp³-hybridized carbons (Fsp3) is 0.867. The molecule has 0 aromatic carbocycles. The van der Waals surface area contributed by atoms with E-state index in [-0.39, 0.29) is 19.0 Å². The van der Waals surface area contributed by atoms with Crippen LogP contribution in [0.2, 0.25) is 0 Å². The average molecular weight is 302 g/mol. The van der Waals surface area contributed by atoms with Gasteiger partial charge in [0.05, 0.1) is 19.7 Å². The summed E-state index contributed by atoms with van der Waals surface area (Å²) in [5.74, 6) is -0.174. The molecule has 21 heavy (non-hydrogen) atoms. The van der Waals surface area contributed by atoms with Crippen LogP contribution in [0.1, 0.15) is 27.7 Å². The van der Waals surface area contributed by atoms with Crippen LogP contribution in [-0.2, 0) is 14.3 Å². The van der Waals surface area contributed by atoms with Crippen LogP contribution in [0, 0.1) is 11.8 Å². The van der Waals surface area contributed by atoms with E-state index in [9.17, 15) is 9.59 Å². The Morgan fingerprint density at radius 2 is 1.57 bits per heavy atom. The van der Waals surface area contributed by atoms with Gasteiger partial charge in [0.25, 0.3) is 0 Å². The summed E-state index contributed by atoms with van der Waals surface area (Å²) in [6.45, 7) is 10.5. The fourth-order valence-electron chi connectivity index (χ4n) is 2.08. The molecule has 124 valence electrons. The van der Waals surface area contributed by atoms with Crippen LogP contribution in [0.5, 0.6) is 0 Å². The molecule has 1 N–H and O–H groups in total. The number of methoxy groups -OCH3 is 1. The number of carboxylic acid groups (broad SMARTS) is 1. The van der Waals surface area contributed by atoms with E-state index in [1.165, 1.54) is 0 Å². The second-order valence-electron chi connectivity index (χ2n) is 6.18. The molecule has 1 amide bonds. The first kappa shape index (κ1) is 19.9. The maximum absolute atomic E-state index is 12.4. The minimum absolute atomic E-state index is 0.0187. The lowest BCUT2D eigenvalue weighted by Crippen LogP contribution is -2.45. The first-order valence-electron chi connectivity index (χ1n) is 7.47. The minimum Gasteiger partial charge on any atom is -0.480 e. The van der Waals surface area contributed by atoms with Gasteiger partial charge in [-0.25, -0.2) is 0 Å². The largest absolute Gasteiger partial charge is 0.480 e. The number of carbonyl (C=O) groups excluding carboxylic acids is 1. The van der Waals surface area contributed by atoms with Crippen molar-refractivity contribution in [1.82, 2.24) is 9.80 Å². The van der Waals surface area contributed by atoms with Crippen molar-refractivity contribution in [1.29, 1.82) is 0 Å². The molecule has 0 heterocycles. The van der Waals surface area contributed by atoms with Crippen LogP contribution >= 0.6 is 0 Å². The van der Waals surface area contributed by atoms with Crippen molar-refractivity contribution < 1.29 is 19.4 Å². The van der Waals surface area contributed by atoms with Crippen LogP contribution in [-0.4, -0.2) is 73.2 Å². The molecule has 0 aromatic rings. The van der Waals surface area contributed by atoms with E-state index in [2.05, 4.69) is 27.7 Å². The van der Waals surface area contributed by atoms with Crippen LogP contribution in [0.15, 0.2) is 0 Å². The zero-order chi connectivity index (χ0) is 16.4. The molecule has 0 aliphatic carbocycles. The van der Waals surface area contributed by atoms with Crippen LogP contribution in [0.25, 0.3) is 0 Å². The lowest BCUT2D eigenvalue weighted by atomic mass is 10.1. The summed E-state index contributed by atoms with van der Waals surface area (Å²) in [7, 11) is 1.56. The molecule has 0 atom stereocenters. The SMILES string of the molecule is COCCN(CC(=O)O)CC(=O)N(CC(C)C)CC(C)C. The summed E-state index contributed by atoms with van der Waals surface area (Å²) in [6, 6.07) is 0. The van der Waals surface area contributed by atoms with Crippen molar-refractivity contribution in [2.24, 2.45) is 11.8 Å². The Balaban J connectivity index is 4.66. The van der Waals surface area contributed by atoms with Gasteiger partial charge in [-0.05, 0) is 11.8 Å². The highest BCUT2D eigenvalue weighted by molar-refractivity contribution is 5.79. The van der Waals surface area contributed by atoms with Crippen LogP contribution < -0.4 is 0 Å². The highest BCUT2D eigenvalue weighted by Crippen LogP contribution is 2.05. The molecule has 0 saturated carbocycles. The molecule has 0 unspecified atom stereocenters. The van der Waals surface area contributed by atoms with E-state index in [0.717, 1.165) is 0 Å². The summed E-state index contributed by atoms with van der Waals surface area (Å²) in [6.07, 6.45) is 0. The van der Waals surface area contributed by atoms with Gasteiger partial charge < -0.3 is 14.7 Å². The number of aliphatic carboxylic acids is 1. The molecule has 0 rings (SSSR count). The molecule has 0 aliphatic rings. The van der Waals surface area contributed by atoms with Crippen molar-refractivity contribution in [2.75, 3.05) is 46.4 Å². The van der Waals surface area contributed by atoms with Gasteiger partial charge in [-0.2, -0.15) is 0 Å². The van der Waals surface area contributed by atoms with Gasteiger partial charge in [-0.15, -0.1) is 0 Å². The lowest BCUT2D eigenvalue weighted by Gasteiger charge is -2.29. The monoisotopic (exact) mass is 302 g/mol. The van der Waals surface area contributed by atoms with Gasteiger partial charge in [0.1, 0.15) is 0 Å². The van der Waals surface area contributed by atoms with E-state index < -0.39 is 5.97 Å². The van der Waals surface area contributed by atoms with E-state index in [1.54, 1.807) is 12.0 Å². The number of hydrogen-bond donors (Lipinski definition) is 1. The number of amides is 1. The van der Waals surface area contributed by atoms with Crippen molar-refractivity contribution in [3.05, 3.63) is 0 Å². The third kappa shape index (κ3) is 10.3. The lowest BCUT2D eigenvalue weighted by molar-refractivity contribution is -0.140. The Bertz CT molecular complexity index is 309. The molecule has 0 spiro atoms. The van der Waals surface area contributed by atoms with Crippen LogP contribution in [0.4, 0.5) is 0 Å². The zero-order valence-electron chi connectivity index (χ0n) is 14.0. The normalized spacial score (nSPS) is 11.4. The van der Waals surface area contributed by atoms with E-state index in [4.69, 9.17) is 9.84 Å². The zero-order valence-corrected chi connectivity index (χ0v) is 14.0. The Hall–Kier alpha value is -1.14. The summed E-state index contributed by atoms with van der Waals surface area (Å²) < 4.78 is 4.97. The molecular weight excluding hydrogens is 272 g/mol. The third-order valence-corrected chi connectivity index (χ3v) is 2.85. The molecule has 0 saturated heterocycles. The molecule has 0 radical (unpaired) electrons. The van der Waals surface area contributed by atoms with Crippen molar-refractivity contribution in [3.63, 3.8) is 0 Å². The highest BCUT2D eigenvalue weighted by Gasteiger charge is 2.20. The quantitative estimate of drug-likeness (QED) is 0.620. The number of ether oxygens (including phenoxy) is 1. The second kappa shape index (κ2) is 10.6. The fourth-order valence-corrected chi connectivity index (χ4v) is 2.08. The summed E-state index contributed by atoms with van der Waals surface area (Å²) in [5, 5.41) is 8.92. The molecule has 0 aromatic heterocycles. The predicted octanol–water partition coefficient (Wildman–Crippen LogP) is 1.16. The number of carbonyl (C=O) groups is 2. The van der Waals surface area contributed by atoms with Gasteiger partial charge in [0.15, 0.2) is 0 Å². The topological polar surface area (TPSA) is 70.1 Å². The molecule has 0 bridgehead atoms. The molecule has 0 aliphatic heterocycles. The number of nitrogens with zero attached hydrogens (tertiary/aromatic N) is 2. The Kier molecular flexibility index (Phi) is 9.99. The Labute approximate surface area is 128 Å². The van der Waals surface area contributed by atoms with Gasteiger partial charge in [-0.1, -0.05) is 27.7 Å². The Morgan fingerprint density at radius 3 is 1.95 bits per heavy atom. The third-order valence-electron chi connectivity index (χ3n) is 2.85. The summed E-state index contributed by atoms with van der Waals surface area (Å²) in [4.78, 5) is 26.7. The summed E-state index contributed by atoms with van der Waals surface area (Å²) >= 11 is 0. The van der Waals surface area contributed by atoms with Crippen molar-refractivity contribution in [2.45, 2.75) is 27.7 Å². The predicted molar refractivity (Wildman–Crippen MR) is 82.2 cm³/mol. The van der Waals surface area contributed by atoms with Gasteiger partial charge in [-0.3, -0.25) is 14.5 Å². The second-order valence-corrected chi connectivity index (χ2v) is 6.18. The van der Waals surface area contributed by atoms with Gasteiger partial charge >= 0.3 is 5.97 Å². The Morgan fingerprint density at radius 1 is 1.05 bits per heavy atom. The maximum Gasteiger partial charge on any atom is 0.317 e. The highest BCUT2D eigenvalue weighted by atomic mass is 16.5. The summed E-state index contributed by atoms with van der Waals surface area (Å²) in [5.41, 5.74) is 0. The van der Waals surface area contributed by atoms with Crippen LogP contribution in [0.3, 0.4) is 0 Å². The standard InChI is InChI=1S/C15H30N2O4/c1-12(2)8-17(9-13(3)4)14(18)10-16(6-7-21-5)11-15(19)20/h12-13H,6-11H2,1-5H3,(H,19,20). The molecular formula is C15H30N2O4. The molecule has 0 fully saturated rings. The number of carboxylic acids is 1. The number of rotatable bonds is 11. The minimum atomic E-state index is -0.932. The van der Waals surface area contributed by atoms with Crippen molar-refractivity contribution >= 4 is 11.9 Å². The average Bonchev–Trinajstić information content (AvgIpc) is 2.33. The smallest absolute Gasteiger partial charge is 0.317 e. The van der Waals surface area contributed by atoms with E-state index in [0.29, 0.717) is 38.1 Å². The van der Waals surface area contributed by atoms with Gasteiger partial charge in [0.2, 0.25) is 5.91 Å². The molecule has 6 nitrogen and oxygen atoms in total.